The summed E-state index contributed by atoms with van der Waals surface area (Å²) in [5.74, 6) is 0. The number of unbranched alkanes of at least 4 members (excludes halogenated alkanes) is 3. The van der Waals surface area contributed by atoms with Crippen molar-refractivity contribution in [2.75, 3.05) is 0 Å². The second-order valence-electron chi connectivity index (χ2n) is 3.65. The van der Waals surface area contributed by atoms with Crippen LogP contribution in [0.15, 0.2) is 12.2 Å². The van der Waals surface area contributed by atoms with Crippen LogP contribution in [0.4, 0.5) is 0 Å². The van der Waals surface area contributed by atoms with Gasteiger partial charge in [-0.3, -0.25) is 0 Å². The van der Waals surface area contributed by atoms with Gasteiger partial charge < -0.3 is 5.73 Å². The first-order chi connectivity index (χ1) is 5.27. The zero-order valence-electron chi connectivity index (χ0n) is 7.47. The Kier molecular flexibility index (Phi) is 3.13. The van der Waals surface area contributed by atoms with Gasteiger partial charge in [0.25, 0.3) is 0 Å². The van der Waals surface area contributed by atoms with E-state index in [-0.39, 0.29) is 5.54 Å². The molecule has 64 valence electrons. The van der Waals surface area contributed by atoms with E-state index < -0.39 is 0 Å². The fourth-order valence-corrected chi connectivity index (χ4v) is 1.49. The summed E-state index contributed by atoms with van der Waals surface area (Å²) in [5.41, 5.74) is 6.09. The van der Waals surface area contributed by atoms with Gasteiger partial charge in [-0.15, -0.1) is 0 Å². The van der Waals surface area contributed by atoms with Crippen molar-refractivity contribution in [1.29, 1.82) is 0 Å². The molecule has 1 atom stereocenters. The molecule has 0 aromatic rings. The van der Waals surface area contributed by atoms with E-state index in [0.717, 1.165) is 6.42 Å². The van der Waals surface area contributed by atoms with Crippen molar-refractivity contribution in [3.05, 3.63) is 12.2 Å². The van der Waals surface area contributed by atoms with Crippen molar-refractivity contribution >= 4 is 0 Å². The maximum absolute atomic E-state index is 6.00. The monoisotopic (exact) mass is 153 g/mol. The maximum Gasteiger partial charge on any atom is 0.0374 e. The first-order valence-corrected chi connectivity index (χ1v) is 4.73. The van der Waals surface area contributed by atoms with Crippen molar-refractivity contribution in [2.45, 2.75) is 51.0 Å². The summed E-state index contributed by atoms with van der Waals surface area (Å²) in [6.07, 6.45) is 11.9. The molecule has 0 saturated carbocycles. The lowest BCUT2D eigenvalue weighted by atomic mass is 9.82. The van der Waals surface area contributed by atoms with Gasteiger partial charge in [0.1, 0.15) is 0 Å². The largest absolute Gasteiger partial charge is 0.322 e. The fourth-order valence-electron chi connectivity index (χ4n) is 1.49. The van der Waals surface area contributed by atoms with E-state index in [0.29, 0.717) is 0 Å². The summed E-state index contributed by atoms with van der Waals surface area (Å²) < 4.78 is 0. The van der Waals surface area contributed by atoms with Crippen LogP contribution in [0.3, 0.4) is 0 Å². The lowest BCUT2D eigenvalue weighted by molar-refractivity contribution is 0.428. The zero-order chi connectivity index (χ0) is 8.16. The predicted octanol–water partition coefficient (Wildman–Crippen LogP) is 2.61. The Balaban J connectivity index is 1.99. The Morgan fingerprint density at radius 1 is 1.36 bits per heavy atom. The van der Waals surface area contributed by atoms with Gasteiger partial charge in [0.05, 0.1) is 0 Å². The first-order valence-electron chi connectivity index (χ1n) is 4.73. The fraction of sp³-hybridized carbons (Fsp3) is 0.800. The van der Waals surface area contributed by atoms with Gasteiger partial charge in [-0.05, 0) is 12.8 Å². The molecule has 1 nitrogen and oxygen atoms in total. The average molecular weight is 153 g/mol. The molecule has 0 saturated heterocycles. The lowest BCUT2D eigenvalue weighted by Crippen LogP contribution is -2.41. The molecule has 0 amide bonds. The van der Waals surface area contributed by atoms with Gasteiger partial charge in [0.15, 0.2) is 0 Å². The standard InChI is InChI=1S/C10H19N/c1-2-3-4-5-7-10(11)8-6-9-10/h6,8H,2-5,7,9,11H2,1H3. The third-order valence-corrected chi connectivity index (χ3v) is 2.44. The second kappa shape index (κ2) is 3.91. The van der Waals surface area contributed by atoms with Crippen LogP contribution in [0.5, 0.6) is 0 Å². The van der Waals surface area contributed by atoms with Gasteiger partial charge >= 0.3 is 0 Å². The highest BCUT2D eigenvalue weighted by Crippen LogP contribution is 2.25. The number of hydrogen-bond acceptors (Lipinski definition) is 1. The number of nitrogens with two attached hydrogens (primary N) is 1. The van der Waals surface area contributed by atoms with Crippen molar-refractivity contribution in [3.8, 4) is 0 Å². The number of hydrogen-bond donors (Lipinski definition) is 1. The summed E-state index contributed by atoms with van der Waals surface area (Å²) in [7, 11) is 0. The molecule has 2 N–H and O–H groups in total. The summed E-state index contributed by atoms with van der Waals surface area (Å²) in [6.45, 7) is 2.24. The summed E-state index contributed by atoms with van der Waals surface area (Å²) in [4.78, 5) is 0. The van der Waals surface area contributed by atoms with E-state index in [4.69, 9.17) is 5.73 Å². The third-order valence-electron chi connectivity index (χ3n) is 2.44. The molecule has 1 aliphatic carbocycles. The van der Waals surface area contributed by atoms with Crippen LogP contribution in [0.2, 0.25) is 0 Å². The van der Waals surface area contributed by atoms with Crippen LogP contribution >= 0.6 is 0 Å². The molecule has 0 bridgehead atoms. The Hall–Kier alpha value is -0.300. The van der Waals surface area contributed by atoms with Crippen LogP contribution in [-0.4, -0.2) is 5.54 Å². The highest BCUT2D eigenvalue weighted by molar-refractivity contribution is 5.17. The van der Waals surface area contributed by atoms with E-state index >= 15 is 0 Å². The SMILES string of the molecule is CCCCCCC1(N)C=CC1. The molecular formula is C10H19N. The Morgan fingerprint density at radius 3 is 2.55 bits per heavy atom. The molecule has 11 heavy (non-hydrogen) atoms. The van der Waals surface area contributed by atoms with Crippen molar-refractivity contribution < 1.29 is 0 Å². The van der Waals surface area contributed by atoms with Crippen LogP contribution in [0, 0.1) is 0 Å². The van der Waals surface area contributed by atoms with E-state index in [2.05, 4.69) is 19.1 Å². The molecule has 1 aliphatic rings. The first kappa shape index (κ1) is 8.79. The van der Waals surface area contributed by atoms with Crippen LogP contribution in [0.25, 0.3) is 0 Å². The zero-order valence-corrected chi connectivity index (χ0v) is 7.47. The van der Waals surface area contributed by atoms with Crippen LogP contribution in [0.1, 0.15) is 45.4 Å². The Morgan fingerprint density at radius 2 is 2.09 bits per heavy atom. The molecular weight excluding hydrogens is 134 g/mol. The van der Waals surface area contributed by atoms with Gasteiger partial charge in [-0.1, -0.05) is 44.8 Å². The molecule has 0 aliphatic heterocycles. The van der Waals surface area contributed by atoms with Gasteiger partial charge in [-0.2, -0.15) is 0 Å². The van der Waals surface area contributed by atoms with E-state index in [1.165, 1.54) is 32.1 Å². The smallest absolute Gasteiger partial charge is 0.0374 e. The van der Waals surface area contributed by atoms with Crippen LogP contribution in [-0.2, 0) is 0 Å². The third kappa shape index (κ3) is 2.66. The van der Waals surface area contributed by atoms with Crippen LogP contribution < -0.4 is 5.73 Å². The molecule has 0 fully saturated rings. The highest BCUT2D eigenvalue weighted by Gasteiger charge is 2.24. The molecule has 1 heteroatoms. The van der Waals surface area contributed by atoms with Gasteiger partial charge in [0.2, 0.25) is 0 Å². The number of rotatable bonds is 5. The summed E-state index contributed by atoms with van der Waals surface area (Å²) in [5, 5.41) is 0. The molecule has 1 rings (SSSR count). The molecule has 0 aromatic heterocycles. The average Bonchev–Trinajstić information content (AvgIpc) is 1.95. The van der Waals surface area contributed by atoms with Gasteiger partial charge in [0, 0.05) is 5.54 Å². The molecule has 1 unspecified atom stereocenters. The van der Waals surface area contributed by atoms with Gasteiger partial charge in [-0.25, -0.2) is 0 Å². The lowest BCUT2D eigenvalue weighted by Gasteiger charge is -2.31. The molecule has 0 radical (unpaired) electrons. The Bertz CT molecular complexity index is 140. The predicted molar refractivity (Wildman–Crippen MR) is 49.4 cm³/mol. The quantitative estimate of drug-likeness (QED) is 0.477. The summed E-state index contributed by atoms with van der Waals surface area (Å²) in [6, 6.07) is 0. The van der Waals surface area contributed by atoms with Crippen molar-refractivity contribution in [3.63, 3.8) is 0 Å². The molecule has 0 spiro atoms. The highest BCUT2D eigenvalue weighted by atomic mass is 14.7. The second-order valence-corrected chi connectivity index (χ2v) is 3.65. The van der Waals surface area contributed by atoms with E-state index in [9.17, 15) is 0 Å². The Labute approximate surface area is 69.7 Å². The minimum Gasteiger partial charge on any atom is -0.322 e. The molecule has 0 aromatic carbocycles. The van der Waals surface area contributed by atoms with E-state index in [1.54, 1.807) is 0 Å². The molecule has 0 heterocycles. The van der Waals surface area contributed by atoms with Crippen molar-refractivity contribution in [1.82, 2.24) is 0 Å². The summed E-state index contributed by atoms with van der Waals surface area (Å²) >= 11 is 0. The minimum absolute atomic E-state index is 0.0910. The topological polar surface area (TPSA) is 26.0 Å². The minimum atomic E-state index is 0.0910. The van der Waals surface area contributed by atoms with E-state index in [1.807, 2.05) is 0 Å². The normalized spacial score (nSPS) is 28.5. The van der Waals surface area contributed by atoms with Crippen molar-refractivity contribution in [2.24, 2.45) is 5.73 Å². The maximum atomic E-state index is 6.00.